The molecule has 4 heteroatoms. The van der Waals surface area contributed by atoms with Crippen molar-refractivity contribution in [2.45, 2.75) is 0 Å². The number of para-hydroxylation sites is 1. The average molecular weight is 613 g/mol. The molecule has 0 amide bonds. The number of nitrogens with zero attached hydrogens (tertiary/aromatic N) is 4. The van der Waals surface area contributed by atoms with Crippen molar-refractivity contribution in [3.63, 3.8) is 0 Å². The van der Waals surface area contributed by atoms with Gasteiger partial charge in [0.2, 0.25) is 0 Å². The molecule has 0 bridgehead atoms. The zero-order valence-electron chi connectivity index (χ0n) is 26.0. The van der Waals surface area contributed by atoms with E-state index < -0.39 is 0 Å². The molecule has 9 aromatic rings. The van der Waals surface area contributed by atoms with Gasteiger partial charge in [0.05, 0.1) is 11.2 Å². The monoisotopic (exact) mass is 612 g/mol. The van der Waals surface area contributed by atoms with Gasteiger partial charge >= 0.3 is 0 Å². The van der Waals surface area contributed by atoms with Crippen LogP contribution in [-0.4, -0.2) is 19.9 Å². The highest BCUT2D eigenvalue weighted by Crippen LogP contribution is 2.37. The number of aromatic nitrogens is 4. The lowest BCUT2D eigenvalue weighted by atomic mass is 9.94. The molecule has 0 aliphatic rings. The molecule has 0 aliphatic heterocycles. The third-order valence-electron chi connectivity index (χ3n) is 8.92. The Morgan fingerprint density at radius 1 is 0.271 bits per heavy atom. The quantitative estimate of drug-likeness (QED) is 0.181. The van der Waals surface area contributed by atoms with Crippen molar-refractivity contribution in [2.75, 3.05) is 0 Å². The largest absolute Gasteiger partial charge is 0.247 e. The van der Waals surface area contributed by atoms with E-state index >= 15 is 0 Å². The van der Waals surface area contributed by atoms with Gasteiger partial charge in [-0.25, -0.2) is 19.9 Å². The first-order valence-electron chi connectivity index (χ1n) is 16.1. The molecule has 9 rings (SSSR count). The minimum absolute atomic E-state index is 0.645. The van der Waals surface area contributed by atoms with Gasteiger partial charge in [0, 0.05) is 38.4 Å². The second kappa shape index (κ2) is 11.7. The van der Waals surface area contributed by atoms with E-state index in [1.54, 1.807) is 0 Å². The normalized spacial score (nSPS) is 11.3. The smallest absolute Gasteiger partial charge is 0.164 e. The standard InChI is InChI=1S/C44H28N4/c1-3-12-33(13-4-1)42-46-43(34-14-5-2-6-15-34)48-44(47-42)35-25-21-30(22-26-35)29-19-23-32(24-20-29)41-38-28-27-31-11-7-8-16-36(31)40(38)37-17-9-10-18-39(37)45-41/h1-28H. The highest BCUT2D eigenvalue weighted by molar-refractivity contribution is 6.22. The van der Waals surface area contributed by atoms with Crippen molar-refractivity contribution in [3.8, 4) is 56.5 Å². The van der Waals surface area contributed by atoms with Crippen LogP contribution in [0.15, 0.2) is 170 Å². The zero-order chi connectivity index (χ0) is 31.9. The first-order valence-corrected chi connectivity index (χ1v) is 16.1. The number of hydrogen-bond acceptors (Lipinski definition) is 4. The van der Waals surface area contributed by atoms with Gasteiger partial charge in [-0.1, -0.05) is 164 Å². The Hall–Kier alpha value is -6.52. The van der Waals surface area contributed by atoms with Crippen LogP contribution in [0.5, 0.6) is 0 Å². The van der Waals surface area contributed by atoms with E-state index in [4.69, 9.17) is 19.9 Å². The number of benzene rings is 7. The Bertz CT molecular complexity index is 2510. The molecule has 0 saturated carbocycles. The maximum Gasteiger partial charge on any atom is 0.164 e. The van der Waals surface area contributed by atoms with Crippen molar-refractivity contribution in [2.24, 2.45) is 0 Å². The average Bonchev–Trinajstić information content (AvgIpc) is 3.18. The predicted octanol–water partition coefficient (Wildman–Crippen LogP) is 11.1. The maximum atomic E-state index is 5.17. The summed E-state index contributed by atoms with van der Waals surface area (Å²) in [6.07, 6.45) is 0. The summed E-state index contributed by atoms with van der Waals surface area (Å²) >= 11 is 0. The van der Waals surface area contributed by atoms with E-state index in [0.717, 1.165) is 50.0 Å². The van der Waals surface area contributed by atoms with Crippen LogP contribution in [0, 0.1) is 0 Å². The van der Waals surface area contributed by atoms with Crippen LogP contribution in [-0.2, 0) is 0 Å². The van der Waals surface area contributed by atoms with Crippen LogP contribution < -0.4 is 0 Å². The Morgan fingerprint density at radius 3 is 1.33 bits per heavy atom. The first-order chi connectivity index (χ1) is 23.8. The Morgan fingerprint density at radius 2 is 0.729 bits per heavy atom. The highest BCUT2D eigenvalue weighted by atomic mass is 15.0. The summed E-state index contributed by atoms with van der Waals surface area (Å²) < 4.78 is 0. The summed E-state index contributed by atoms with van der Waals surface area (Å²) in [6, 6.07) is 58.7. The molecule has 0 spiro atoms. The summed E-state index contributed by atoms with van der Waals surface area (Å²) in [6.45, 7) is 0. The van der Waals surface area contributed by atoms with E-state index in [1.807, 2.05) is 60.7 Å². The first kappa shape index (κ1) is 27.8. The maximum absolute atomic E-state index is 5.17. The van der Waals surface area contributed by atoms with Gasteiger partial charge in [-0.2, -0.15) is 0 Å². The second-order valence-corrected chi connectivity index (χ2v) is 11.9. The molecule has 0 atom stereocenters. The van der Waals surface area contributed by atoms with Crippen LogP contribution in [0.1, 0.15) is 0 Å². The molecular weight excluding hydrogens is 585 g/mol. The molecule has 0 fully saturated rings. The van der Waals surface area contributed by atoms with Gasteiger partial charge < -0.3 is 0 Å². The Balaban J connectivity index is 1.08. The molecule has 224 valence electrons. The molecule has 2 heterocycles. The van der Waals surface area contributed by atoms with Gasteiger partial charge in [0.15, 0.2) is 17.5 Å². The third kappa shape index (κ3) is 4.97. The minimum atomic E-state index is 0.645. The van der Waals surface area contributed by atoms with Gasteiger partial charge in [-0.3, -0.25) is 0 Å². The molecule has 0 N–H and O–H groups in total. The topological polar surface area (TPSA) is 51.6 Å². The molecule has 2 aromatic heterocycles. The number of fused-ring (bicyclic) bond motifs is 5. The molecular formula is C44H28N4. The molecule has 7 aromatic carbocycles. The van der Waals surface area contributed by atoms with Crippen molar-refractivity contribution < 1.29 is 0 Å². The van der Waals surface area contributed by atoms with E-state index in [0.29, 0.717) is 17.5 Å². The van der Waals surface area contributed by atoms with Crippen molar-refractivity contribution >= 4 is 32.4 Å². The molecule has 48 heavy (non-hydrogen) atoms. The summed E-state index contributed by atoms with van der Waals surface area (Å²) in [5.41, 5.74) is 8.18. The number of hydrogen-bond donors (Lipinski definition) is 0. The lowest BCUT2D eigenvalue weighted by Gasteiger charge is -2.13. The van der Waals surface area contributed by atoms with Crippen LogP contribution >= 0.6 is 0 Å². The lowest BCUT2D eigenvalue weighted by Crippen LogP contribution is -2.00. The van der Waals surface area contributed by atoms with Gasteiger partial charge in [0.1, 0.15) is 0 Å². The molecule has 4 nitrogen and oxygen atoms in total. The summed E-state index contributed by atoms with van der Waals surface area (Å²) in [5, 5.41) is 6.06. The summed E-state index contributed by atoms with van der Waals surface area (Å²) in [5.74, 6) is 1.95. The lowest BCUT2D eigenvalue weighted by molar-refractivity contribution is 1.07. The second-order valence-electron chi connectivity index (χ2n) is 11.9. The Labute approximate surface area is 278 Å². The van der Waals surface area contributed by atoms with Crippen LogP contribution in [0.25, 0.3) is 89.0 Å². The van der Waals surface area contributed by atoms with E-state index in [1.165, 1.54) is 21.5 Å². The van der Waals surface area contributed by atoms with E-state index in [-0.39, 0.29) is 0 Å². The molecule has 0 aliphatic carbocycles. The summed E-state index contributed by atoms with van der Waals surface area (Å²) in [4.78, 5) is 19.8. The fraction of sp³-hybridized carbons (Fsp3) is 0. The zero-order valence-corrected chi connectivity index (χ0v) is 26.0. The fourth-order valence-corrected chi connectivity index (χ4v) is 6.51. The van der Waals surface area contributed by atoms with E-state index in [2.05, 4.69) is 109 Å². The van der Waals surface area contributed by atoms with Crippen molar-refractivity contribution in [3.05, 3.63) is 170 Å². The highest BCUT2D eigenvalue weighted by Gasteiger charge is 2.15. The molecule has 0 unspecified atom stereocenters. The SMILES string of the molecule is c1ccc(-c2nc(-c3ccccc3)nc(-c3ccc(-c4ccc(-c5nc6ccccc6c6c5ccc5ccccc56)cc4)cc3)n2)cc1. The van der Waals surface area contributed by atoms with Crippen LogP contribution in [0.3, 0.4) is 0 Å². The number of pyridine rings is 1. The minimum Gasteiger partial charge on any atom is -0.247 e. The number of rotatable bonds is 5. The molecule has 0 saturated heterocycles. The van der Waals surface area contributed by atoms with Crippen molar-refractivity contribution in [1.29, 1.82) is 0 Å². The Kier molecular flexibility index (Phi) is 6.76. The molecule has 0 radical (unpaired) electrons. The predicted molar refractivity (Wildman–Crippen MR) is 197 cm³/mol. The van der Waals surface area contributed by atoms with Gasteiger partial charge in [0.25, 0.3) is 0 Å². The van der Waals surface area contributed by atoms with Crippen LogP contribution in [0.2, 0.25) is 0 Å². The van der Waals surface area contributed by atoms with Gasteiger partial charge in [-0.05, 0) is 28.0 Å². The van der Waals surface area contributed by atoms with E-state index in [9.17, 15) is 0 Å². The van der Waals surface area contributed by atoms with Crippen molar-refractivity contribution in [1.82, 2.24) is 19.9 Å². The third-order valence-corrected chi connectivity index (χ3v) is 8.92. The van der Waals surface area contributed by atoms with Gasteiger partial charge in [-0.15, -0.1) is 0 Å². The summed E-state index contributed by atoms with van der Waals surface area (Å²) in [7, 11) is 0. The van der Waals surface area contributed by atoms with Crippen LogP contribution in [0.4, 0.5) is 0 Å². The fourth-order valence-electron chi connectivity index (χ4n) is 6.51.